The van der Waals surface area contributed by atoms with E-state index in [1.807, 2.05) is 0 Å². The second kappa shape index (κ2) is 43.5. The van der Waals surface area contributed by atoms with Crippen molar-refractivity contribution >= 4 is 18.4 Å². The molecular weight excluding hydrogens is 721 g/mol. The van der Waals surface area contributed by atoms with Gasteiger partial charge in [0.2, 0.25) is 0 Å². The van der Waals surface area contributed by atoms with Crippen molar-refractivity contribution in [2.75, 3.05) is 17.7 Å². The maximum absolute atomic E-state index is 3.12. The van der Waals surface area contributed by atoms with Crippen LogP contribution in [0.4, 0.5) is 0 Å². The molecule has 0 unspecified atom stereocenters. The van der Waals surface area contributed by atoms with E-state index >= 15 is 0 Å². The van der Waals surface area contributed by atoms with Crippen molar-refractivity contribution in [3.63, 3.8) is 0 Å². The second-order valence-corrected chi connectivity index (χ2v) is 31.4. The Morgan fingerprint density at radius 2 is 0.431 bits per heavy atom. The molecule has 0 bridgehead atoms. The van der Waals surface area contributed by atoms with Crippen LogP contribution in [0.3, 0.4) is 0 Å². The maximum atomic E-state index is 3.12. The van der Waals surface area contributed by atoms with Crippen molar-refractivity contribution in [3.05, 3.63) is 0 Å². The van der Waals surface area contributed by atoms with E-state index in [9.17, 15) is 0 Å². The van der Waals surface area contributed by atoms with Crippen LogP contribution in [-0.2, 0) is 0 Å². The summed E-state index contributed by atoms with van der Waals surface area (Å²) >= 11 is -2.32. The van der Waals surface area contributed by atoms with Crippen molar-refractivity contribution in [2.45, 2.75) is 292 Å². The van der Waals surface area contributed by atoms with Gasteiger partial charge in [-0.1, -0.05) is 0 Å². The molecule has 0 atom stereocenters. The van der Waals surface area contributed by atoms with Crippen LogP contribution in [-0.4, -0.2) is 40.9 Å². The third-order valence-electron chi connectivity index (χ3n) is 12.4. The first-order chi connectivity index (χ1) is 25.2. The van der Waals surface area contributed by atoms with Crippen LogP contribution in [0, 0.1) is 0 Å². The van der Waals surface area contributed by atoms with Gasteiger partial charge in [0, 0.05) is 0 Å². The van der Waals surface area contributed by atoms with Crippen LogP contribution in [0.1, 0.15) is 279 Å². The Hall–Kier alpha value is 0.759. The first-order valence-electron chi connectivity index (χ1n) is 24.9. The molecule has 0 rings (SSSR count). The number of unbranched alkanes of at least 4 members (excludes halogenated alkanes) is 33. The van der Waals surface area contributed by atoms with Gasteiger partial charge in [-0.3, -0.25) is 0 Å². The minimum absolute atomic E-state index is 1.37. The summed E-state index contributed by atoms with van der Waals surface area (Å²) in [6.07, 6.45) is 56.2. The molecule has 0 saturated heterocycles. The van der Waals surface area contributed by atoms with Crippen LogP contribution in [0.15, 0.2) is 0 Å². The van der Waals surface area contributed by atoms with Gasteiger partial charge in [0.25, 0.3) is 0 Å². The van der Waals surface area contributed by atoms with Crippen LogP contribution >= 0.6 is 0 Å². The van der Waals surface area contributed by atoms with Crippen LogP contribution in [0.25, 0.3) is 0 Å². The van der Waals surface area contributed by atoms with Crippen molar-refractivity contribution in [1.29, 1.82) is 0 Å². The fourth-order valence-electron chi connectivity index (χ4n) is 8.84. The van der Waals surface area contributed by atoms with Crippen molar-refractivity contribution in [2.24, 2.45) is 0 Å². The van der Waals surface area contributed by atoms with Crippen LogP contribution in [0.5, 0.6) is 0 Å². The molecule has 51 heavy (non-hydrogen) atoms. The SMILES string of the molecule is CCCCCCCCCCC[CH2][Sn]([CH2]CCCCCCCCCCC)([CH2]CCCCCCCCCCC)[CH2]N(CCCCCC)CCCCCC. The Morgan fingerprint density at radius 1 is 0.235 bits per heavy atom. The van der Waals surface area contributed by atoms with E-state index in [-0.39, 0.29) is 0 Å². The van der Waals surface area contributed by atoms with Gasteiger partial charge in [-0.25, -0.2) is 0 Å². The van der Waals surface area contributed by atoms with Crippen molar-refractivity contribution < 1.29 is 0 Å². The Kier molecular flexibility index (Phi) is 44.1. The fourth-order valence-corrected chi connectivity index (χ4v) is 24.5. The van der Waals surface area contributed by atoms with E-state index in [1.54, 1.807) is 37.1 Å². The molecule has 0 aliphatic heterocycles. The molecule has 0 aliphatic rings. The molecule has 0 aliphatic carbocycles. The molecule has 1 nitrogen and oxygen atoms in total. The standard InChI is InChI=1S/C13H28N.3C12H25.Sn/c1-4-6-8-10-12-14(3)13-11-9-7-5-2;3*1-3-5-7-9-11-12-10-8-6-4-2;/h3-13H2,1-2H3;3*1,3-12H2,2H3;. The minimum atomic E-state index is -2.32. The topological polar surface area (TPSA) is 3.24 Å². The zero-order valence-electron chi connectivity index (χ0n) is 37.1. The van der Waals surface area contributed by atoms with E-state index in [4.69, 9.17) is 0 Å². The number of nitrogens with zero attached hydrogens (tertiary/aromatic N) is 1. The van der Waals surface area contributed by atoms with Gasteiger partial charge < -0.3 is 0 Å². The number of hydrogen-bond acceptors (Lipinski definition) is 1. The predicted molar refractivity (Wildman–Crippen MR) is 240 cm³/mol. The fraction of sp³-hybridized carbons (Fsp3) is 1.00. The Labute approximate surface area is 331 Å². The van der Waals surface area contributed by atoms with E-state index in [0.29, 0.717) is 0 Å². The monoisotopic (exact) mass is 826 g/mol. The van der Waals surface area contributed by atoms with Crippen molar-refractivity contribution in [1.82, 2.24) is 4.90 Å². The molecule has 0 N–H and O–H groups in total. The molecular formula is C49H103NSn. The molecule has 0 aromatic heterocycles. The number of hydrogen-bond donors (Lipinski definition) is 0. The average Bonchev–Trinajstić information content (AvgIpc) is 3.14. The van der Waals surface area contributed by atoms with E-state index in [0.717, 1.165) is 0 Å². The second-order valence-electron chi connectivity index (χ2n) is 17.7. The van der Waals surface area contributed by atoms with E-state index in [1.165, 1.54) is 238 Å². The molecule has 308 valence electrons. The molecule has 0 radical (unpaired) electrons. The Bertz CT molecular complexity index is 548. The summed E-state index contributed by atoms with van der Waals surface area (Å²) in [5.41, 5.74) is 0. The summed E-state index contributed by atoms with van der Waals surface area (Å²) < 4.78 is 6.79. The van der Waals surface area contributed by atoms with Gasteiger partial charge in [-0.05, 0) is 0 Å². The average molecular weight is 825 g/mol. The Balaban J connectivity index is 5.41. The molecule has 0 spiro atoms. The first-order valence-corrected chi connectivity index (χ1v) is 33.0. The van der Waals surface area contributed by atoms with E-state index < -0.39 is 18.4 Å². The summed E-state index contributed by atoms with van der Waals surface area (Å²) in [5, 5.41) is 0. The van der Waals surface area contributed by atoms with Gasteiger partial charge >= 0.3 is 333 Å². The zero-order valence-corrected chi connectivity index (χ0v) is 39.9. The summed E-state index contributed by atoms with van der Waals surface area (Å²) in [4.78, 5) is 3.12. The van der Waals surface area contributed by atoms with Gasteiger partial charge in [0.15, 0.2) is 0 Å². The molecule has 0 saturated carbocycles. The summed E-state index contributed by atoms with van der Waals surface area (Å²) in [6, 6.07) is 0. The molecule has 2 heteroatoms. The molecule has 0 fully saturated rings. The molecule has 0 aromatic carbocycles. The quantitative estimate of drug-likeness (QED) is 0.0437. The van der Waals surface area contributed by atoms with Gasteiger partial charge in [-0.2, -0.15) is 0 Å². The summed E-state index contributed by atoms with van der Waals surface area (Å²) in [7, 11) is 0. The molecule has 0 amide bonds. The Morgan fingerprint density at radius 3 is 0.667 bits per heavy atom. The van der Waals surface area contributed by atoms with Crippen LogP contribution in [0.2, 0.25) is 13.3 Å². The normalized spacial score (nSPS) is 12.1. The number of rotatable bonds is 45. The third kappa shape index (κ3) is 37.5. The van der Waals surface area contributed by atoms with Gasteiger partial charge in [-0.15, -0.1) is 0 Å². The first kappa shape index (κ1) is 51.8. The molecule has 0 heterocycles. The summed E-state index contributed by atoms with van der Waals surface area (Å²) in [5.74, 6) is 0. The third-order valence-corrected chi connectivity index (χ3v) is 27.7. The van der Waals surface area contributed by atoms with Gasteiger partial charge in [0.1, 0.15) is 0 Å². The van der Waals surface area contributed by atoms with Crippen molar-refractivity contribution in [3.8, 4) is 0 Å². The molecule has 0 aromatic rings. The predicted octanol–water partition coefficient (Wildman–Crippen LogP) is 18.2. The zero-order chi connectivity index (χ0) is 37.2. The van der Waals surface area contributed by atoms with Crippen LogP contribution < -0.4 is 0 Å². The van der Waals surface area contributed by atoms with Gasteiger partial charge in [0.05, 0.1) is 0 Å². The summed E-state index contributed by atoms with van der Waals surface area (Å²) in [6.45, 7) is 14.6. The van der Waals surface area contributed by atoms with E-state index in [2.05, 4.69) is 39.5 Å².